The molecule has 0 aromatic carbocycles. The van der Waals surface area contributed by atoms with Crippen molar-refractivity contribution in [1.29, 1.82) is 0 Å². The topological polar surface area (TPSA) is 41.1 Å². The second kappa shape index (κ2) is 5.61. The molecule has 17 heavy (non-hydrogen) atoms. The fraction of sp³-hybridized carbons (Fsp3) is 0.923. The summed E-state index contributed by atoms with van der Waals surface area (Å²) in [5, 5.41) is 6.64. The van der Waals surface area contributed by atoms with Gasteiger partial charge in [-0.3, -0.25) is 4.79 Å². The van der Waals surface area contributed by atoms with Gasteiger partial charge in [0.2, 0.25) is 5.91 Å². The normalized spacial score (nSPS) is 34.1. The van der Waals surface area contributed by atoms with E-state index in [0.717, 1.165) is 25.3 Å². The van der Waals surface area contributed by atoms with E-state index in [-0.39, 0.29) is 11.5 Å². The van der Waals surface area contributed by atoms with Gasteiger partial charge in [-0.15, -0.1) is 0 Å². The Hall–Kier alpha value is -0.220. The van der Waals surface area contributed by atoms with Gasteiger partial charge in [0.25, 0.3) is 0 Å². The maximum atomic E-state index is 12.5. The van der Waals surface area contributed by atoms with Crippen LogP contribution in [0.2, 0.25) is 0 Å². The minimum atomic E-state index is -0.0923. The Morgan fingerprint density at radius 3 is 3.18 bits per heavy atom. The van der Waals surface area contributed by atoms with Gasteiger partial charge in [-0.2, -0.15) is 11.8 Å². The number of thioether (sulfide) groups is 1. The second-order valence-corrected chi connectivity index (χ2v) is 6.47. The molecule has 0 aromatic heterocycles. The number of fused-ring (bicyclic) bond motifs is 1. The number of carbonyl (C=O) groups is 1. The highest BCUT2D eigenvalue weighted by Gasteiger charge is 2.49. The van der Waals surface area contributed by atoms with Crippen LogP contribution in [0.15, 0.2) is 0 Å². The molecule has 2 rings (SSSR count). The second-order valence-electron chi connectivity index (χ2n) is 5.56. The minimum absolute atomic E-state index is 0.0923. The van der Waals surface area contributed by atoms with E-state index < -0.39 is 0 Å². The third-order valence-electron chi connectivity index (χ3n) is 4.28. The summed E-state index contributed by atoms with van der Waals surface area (Å²) in [4.78, 5) is 12.5. The maximum Gasteiger partial charge on any atom is 0.228 e. The fourth-order valence-electron chi connectivity index (χ4n) is 3.35. The molecule has 3 atom stereocenters. The van der Waals surface area contributed by atoms with E-state index in [1.807, 2.05) is 0 Å². The van der Waals surface area contributed by atoms with E-state index in [1.165, 1.54) is 19.3 Å². The molecule has 4 heteroatoms. The Labute approximate surface area is 108 Å². The van der Waals surface area contributed by atoms with Crippen LogP contribution in [0, 0.1) is 11.3 Å². The van der Waals surface area contributed by atoms with Gasteiger partial charge in [-0.1, -0.05) is 12.8 Å². The molecule has 2 fully saturated rings. The number of hydrogen-bond donors (Lipinski definition) is 2. The van der Waals surface area contributed by atoms with Crippen molar-refractivity contribution in [3.05, 3.63) is 0 Å². The molecule has 2 N–H and O–H groups in total. The number of rotatable bonds is 4. The zero-order valence-corrected chi connectivity index (χ0v) is 11.7. The Bertz CT molecular complexity index is 285. The minimum Gasteiger partial charge on any atom is -0.352 e. The third-order valence-corrected chi connectivity index (χ3v) is 5.12. The van der Waals surface area contributed by atoms with E-state index in [4.69, 9.17) is 0 Å². The van der Waals surface area contributed by atoms with Gasteiger partial charge in [0.15, 0.2) is 0 Å². The van der Waals surface area contributed by atoms with Crippen molar-refractivity contribution >= 4 is 17.7 Å². The van der Waals surface area contributed by atoms with Gasteiger partial charge in [0.05, 0.1) is 5.41 Å². The van der Waals surface area contributed by atoms with Crippen LogP contribution in [0.5, 0.6) is 0 Å². The molecule has 1 saturated heterocycles. The third kappa shape index (κ3) is 2.63. The number of carbonyl (C=O) groups excluding carboxylic acids is 1. The first-order chi connectivity index (χ1) is 8.19. The highest BCUT2D eigenvalue weighted by atomic mass is 32.2. The van der Waals surface area contributed by atoms with Crippen LogP contribution in [0.4, 0.5) is 0 Å². The maximum absolute atomic E-state index is 12.5. The van der Waals surface area contributed by atoms with Crippen molar-refractivity contribution in [2.45, 2.75) is 38.6 Å². The van der Waals surface area contributed by atoms with Crippen LogP contribution in [0.1, 0.15) is 32.6 Å². The Morgan fingerprint density at radius 2 is 2.41 bits per heavy atom. The zero-order chi connectivity index (χ0) is 12.3. The molecule has 3 nitrogen and oxygen atoms in total. The lowest BCUT2D eigenvalue weighted by molar-refractivity contribution is -0.134. The predicted molar refractivity (Wildman–Crippen MR) is 73.2 cm³/mol. The quantitative estimate of drug-likeness (QED) is 0.803. The lowest BCUT2D eigenvalue weighted by Gasteiger charge is -2.37. The van der Waals surface area contributed by atoms with Gasteiger partial charge in [-0.05, 0) is 38.5 Å². The SMILES string of the molecule is CSCC(C)NC(=O)[C@@]12CCCC[C@H]1CNC2. The Morgan fingerprint density at radius 1 is 1.59 bits per heavy atom. The van der Waals surface area contributed by atoms with Gasteiger partial charge in [0.1, 0.15) is 0 Å². The van der Waals surface area contributed by atoms with Gasteiger partial charge < -0.3 is 10.6 Å². The highest BCUT2D eigenvalue weighted by Crippen LogP contribution is 2.43. The summed E-state index contributed by atoms with van der Waals surface area (Å²) in [5.41, 5.74) is -0.0923. The standard InChI is InChI=1S/C13H24N2OS/c1-10(8-17-2)15-12(16)13-6-4-3-5-11(13)7-14-9-13/h10-11,14H,3-9H2,1-2H3,(H,15,16)/t10?,11-,13+/m0/s1. The van der Waals surface area contributed by atoms with E-state index in [2.05, 4.69) is 23.8 Å². The van der Waals surface area contributed by atoms with Crippen LogP contribution >= 0.6 is 11.8 Å². The van der Waals surface area contributed by atoms with E-state index in [9.17, 15) is 4.79 Å². The van der Waals surface area contributed by atoms with E-state index >= 15 is 0 Å². The molecule has 1 unspecified atom stereocenters. The lowest BCUT2D eigenvalue weighted by atomic mass is 9.67. The molecule has 1 amide bonds. The van der Waals surface area contributed by atoms with Crippen molar-refractivity contribution in [2.24, 2.45) is 11.3 Å². The number of nitrogens with one attached hydrogen (secondary N) is 2. The molecule has 0 aromatic rings. The molecule has 0 radical (unpaired) electrons. The summed E-state index contributed by atoms with van der Waals surface area (Å²) >= 11 is 1.79. The van der Waals surface area contributed by atoms with E-state index in [0.29, 0.717) is 11.8 Å². The van der Waals surface area contributed by atoms with Crippen molar-refractivity contribution in [3.63, 3.8) is 0 Å². The van der Waals surface area contributed by atoms with Gasteiger partial charge >= 0.3 is 0 Å². The molecular formula is C13H24N2OS. The van der Waals surface area contributed by atoms with Gasteiger partial charge in [-0.25, -0.2) is 0 Å². The molecule has 98 valence electrons. The predicted octanol–water partition coefficient (Wildman–Crippen LogP) is 1.63. The van der Waals surface area contributed by atoms with E-state index in [1.54, 1.807) is 11.8 Å². The van der Waals surface area contributed by atoms with Crippen molar-refractivity contribution < 1.29 is 4.79 Å². The monoisotopic (exact) mass is 256 g/mol. The Balaban J connectivity index is 2.00. The van der Waals surface area contributed by atoms with Crippen LogP contribution in [0.25, 0.3) is 0 Å². The van der Waals surface area contributed by atoms with Crippen LogP contribution in [0.3, 0.4) is 0 Å². The average molecular weight is 256 g/mol. The summed E-state index contributed by atoms with van der Waals surface area (Å²) in [5.74, 6) is 1.87. The summed E-state index contributed by atoms with van der Waals surface area (Å²) < 4.78 is 0. The molecular weight excluding hydrogens is 232 g/mol. The average Bonchev–Trinajstić information content (AvgIpc) is 2.73. The largest absolute Gasteiger partial charge is 0.352 e. The number of amides is 1. The van der Waals surface area contributed by atoms with Crippen LogP contribution in [-0.4, -0.2) is 37.0 Å². The van der Waals surface area contributed by atoms with Crippen molar-refractivity contribution in [2.75, 3.05) is 25.1 Å². The van der Waals surface area contributed by atoms with Gasteiger partial charge in [0, 0.05) is 18.3 Å². The molecule has 0 bridgehead atoms. The first-order valence-electron chi connectivity index (χ1n) is 6.69. The summed E-state index contributed by atoms with van der Waals surface area (Å²) in [6.45, 7) is 4.02. The zero-order valence-electron chi connectivity index (χ0n) is 10.9. The first kappa shape index (κ1) is 13.2. The number of hydrogen-bond acceptors (Lipinski definition) is 3. The summed E-state index contributed by atoms with van der Waals surface area (Å²) in [7, 11) is 0. The molecule has 0 spiro atoms. The lowest BCUT2D eigenvalue weighted by Crippen LogP contribution is -2.50. The molecule has 1 aliphatic heterocycles. The molecule has 1 saturated carbocycles. The summed E-state index contributed by atoms with van der Waals surface area (Å²) in [6, 6.07) is 0.287. The Kier molecular flexibility index (Phi) is 4.36. The summed E-state index contributed by atoms with van der Waals surface area (Å²) in [6.07, 6.45) is 6.88. The first-order valence-corrected chi connectivity index (χ1v) is 8.09. The van der Waals surface area contributed by atoms with Crippen LogP contribution in [-0.2, 0) is 4.79 Å². The molecule has 2 aliphatic rings. The molecule has 1 heterocycles. The fourth-order valence-corrected chi connectivity index (χ4v) is 3.93. The smallest absolute Gasteiger partial charge is 0.228 e. The van der Waals surface area contributed by atoms with Crippen molar-refractivity contribution in [1.82, 2.24) is 10.6 Å². The highest BCUT2D eigenvalue weighted by molar-refractivity contribution is 7.98. The van der Waals surface area contributed by atoms with Crippen molar-refractivity contribution in [3.8, 4) is 0 Å². The molecule has 1 aliphatic carbocycles. The van der Waals surface area contributed by atoms with Crippen LogP contribution < -0.4 is 10.6 Å².